The summed E-state index contributed by atoms with van der Waals surface area (Å²) in [6, 6.07) is 12.5. The molecule has 6 nitrogen and oxygen atoms in total. The average molecular weight is 365 g/mol. The second kappa shape index (κ2) is 8.15. The molecule has 0 aromatic heterocycles. The Morgan fingerprint density at radius 3 is 2.85 bits per heavy atom. The first-order valence-electron chi connectivity index (χ1n) is 8.18. The fourth-order valence-electron chi connectivity index (χ4n) is 2.59. The lowest BCUT2D eigenvalue weighted by molar-refractivity contribution is -0.125. The zero-order chi connectivity index (χ0) is 19.2. The molecule has 27 heavy (non-hydrogen) atoms. The van der Waals surface area contributed by atoms with E-state index in [1.54, 1.807) is 36.4 Å². The second-order valence-corrected chi connectivity index (χ2v) is 5.77. The predicted octanol–water partition coefficient (Wildman–Crippen LogP) is 2.32. The van der Waals surface area contributed by atoms with Crippen molar-refractivity contribution in [1.29, 1.82) is 0 Å². The van der Waals surface area contributed by atoms with E-state index in [9.17, 15) is 14.0 Å². The molecular weight excluding hydrogens is 349 g/mol. The van der Waals surface area contributed by atoms with Crippen molar-refractivity contribution < 1.29 is 18.8 Å². The molecule has 0 bridgehead atoms. The van der Waals surface area contributed by atoms with E-state index < -0.39 is 23.7 Å². The Bertz CT molecular complexity index is 949. The number of benzene rings is 2. The summed E-state index contributed by atoms with van der Waals surface area (Å²) < 4.78 is 13.3. The summed E-state index contributed by atoms with van der Waals surface area (Å²) in [6.07, 6.45) is 4.46. The lowest BCUT2D eigenvalue weighted by atomic mass is 10.0. The first-order valence-corrected chi connectivity index (χ1v) is 8.18. The molecule has 1 unspecified atom stereocenters. The molecule has 0 spiro atoms. The summed E-state index contributed by atoms with van der Waals surface area (Å²) in [6.45, 7) is 0.0810. The molecule has 2 aromatic rings. The molecule has 136 valence electrons. The summed E-state index contributed by atoms with van der Waals surface area (Å²) in [5.74, 6) is 1.07. The molecule has 0 radical (unpaired) electrons. The molecule has 0 aliphatic carbocycles. The van der Waals surface area contributed by atoms with Crippen LogP contribution in [0.15, 0.2) is 53.7 Å². The summed E-state index contributed by atoms with van der Waals surface area (Å²) in [5.41, 5.74) is 1.65. The maximum absolute atomic E-state index is 13.3. The normalized spacial score (nSPS) is 15.3. The van der Waals surface area contributed by atoms with Crippen molar-refractivity contribution in [2.75, 3.05) is 11.9 Å². The van der Waals surface area contributed by atoms with Gasteiger partial charge in [-0.25, -0.2) is 4.39 Å². The number of hydrogen-bond donors (Lipinski definition) is 2. The van der Waals surface area contributed by atoms with Crippen LogP contribution in [0.3, 0.4) is 0 Å². The number of amides is 2. The van der Waals surface area contributed by atoms with Gasteiger partial charge in [-0.15, -0.1) is 6.42 Å². The van der Waals surface area contributed by atoms with E-state index in [1.165, 1.54) is 12.1 Å². The van der Waals surface area contributed by atoms with Crippen LogP contribution in [0.4, 0.5) is 10.1 Å². The lowest BCUT2D eigenvalue weighted by Crippen LogP contribution is -2.30. The number of hydrogen-bond acceptors (Lipinski definition) is 4. The Labute approximate surface area is 155 Å². The Morgan fingerprint density at radius 2 is 2.07 bits per heavy atom. The number of nitrogens with zero attached hydrogens (tertiary/aromatic N) is 1. The van der Waals surface area contributed by atoms with Gasteiger partial charge < -0.3 is 15.5 Å². The van der Waals surface area contributed by atoms with Gasteiger partial charge in [-0.1, -0.05) is 35.3 Å². The molecule has 2 amide bonds. The summed E-state index contributed by atoms with van der Waals surface area (Å²) in [4.78, 5) is 29.8. The van der Waals surface area contributed by atoms with E-state index >= 15 is 0 Å². The van der Waals surface area contributed by atoms with Crippen LogP contribution in [0.1, 0.15) is 22.3 Å². The average Bonchev–Trinajstić information content (AvgIpc) is 3.17. The van der Waals surface area contributed by atoms with Crippen molar-refractivity contribution in [3.05, 3.63) is 65.5 Å². The number of rotatable bonds is 5. The molecule has 0 saturated carbocycles. The largest absolute Gasteiger partial charge is 0.382 e. The van der Waals surface area contributed by atoms with E-state index in [-0.39, 0.29) is 18.5 Å². The third-order valence-electron chi connectivity index (χ3n) is 3.90. The zero-order valence-electron chi connectivity index (χ0n) is 14.2. The lowest BCUT2D eigenvalue weighted by Gasteiger charge is -2.13. The monoisotopic (exact) mass is 365 g/mol. The highest BCUT2D eigenvalue weighted by atomic mass is 19.1. The van der Waals surface area contributed by atoms with Crippen LogP contribution in [0, 0.1) is 18.2 Å². The second-order valence-electron chi connectivity index (χ2n) is 5.77. The van der Waals surface area contributed by atoms with Crippen LogP contribution in [0.5, 0.6) is 0 Å². The van der Waals surface area contributed by atoms with Crippen LogP contribution >= 0.6 is 0 Å². The molecule has 0 saturated heterocycles. The Kier molecular flexibility index (Phi) is 5.47. The summed E-state index contributed by atoms with van der Waals surface area (Å²) in [7, 11) is 0. The quantitative estimate of drug-likeness (QED) is 0.798. The smallest absolute Gasteiger partial charge is 0.268 e. The minimum atomic E-state index is -0.870. The van der Waals surface area contributed by atoms with Gasteiger partial charge in [0.15, 0.2) is 0 Å². The highest BCUT2D eigenvalue weighted by molar-refractivity contribution is 6.08. The fraction of sp³-hybridized carbons (Fsp3) is 0.150. The van der Waals surface area contributed by atoms with E-state index in [4.69, 9.17) is 11.3 Å². The van der Waals surface area contributed by atoms with Gasteiger partial charge >= 0.3 is 0 Å². The molecule has 1 atom stereocenters. The minimum absolute atomic E-state index is 0.0810. The van der Waals surface area contributed by atoms with Crippen LogP contribution in [0.25, 0.3) is 0 Å². The van der Waals surface area contributed by atoms with E-state index in [1.807, 2.05) is 0 Å². The van der Waals surface area contributed by atoms with Crippen LogP contribution in [-0.2, 0) is 9.63 Å². The van der Waals surface area contributed by atoms with Gasteiger partial charge in [0.1, 0.15) is 5.82 Å². The van der Waals surface area contributed by atoms with Gasteiger partial charge in [0.05, 0.1) is 23.5 Å². The van der Waals surface area contributed by atoms with Crippen molar-refractivity contribution >= 4 is 23.2 Å². The molecule has 1 aliphatic rings. The van der Waals surface area contributed by atoms with Crippen molar-refractivity contribution in [3.8, 4) is 12.3 Å². The molecule has 3 rings (SSSR count). The Hall–Kier alpha value is -3.66. The maximum atomic E-state index is 13.3. The number of oxime groups is 1. The Morgan fingerprint density at radius 1 is 1.26 bits per heavy atom. The van der Waals surface area contributed by atoms with Gasteiger partial charge in [-0.05, 0) is 24.3 Å². The standard InChI is InChI=1S/C20H16FN3O3/c1-2-10-22-19(25)15-8-3-4-9-16(15)23-20(26)18-12-17(24-27-18)13-6-5-7-14(21)11-13/h1,3-9,11,18H,10,12H2,(H,22,25)(H,23,26). The Balaban J connectivity index is 1.67. The minimum Gasteiger partial charge on any atom is -0.382 e. The van der Waals surface area contributed by atoms with Crippen molar-refractivity contribution in [2.45, 2.75) is 12.5 Å². The summed E-state index contributed by atoms with van der Waals surface area (Å²) in [5, 5.41) is 9.10. The molecule has 2 N–H and O–H groups in total. The molecule has 2 aromatic carbocycles. The zero-order valence-corrected chi connectivity index (χ0v) is 14.2. The van der Waals surface area contributed by atoms with Gasteiger partial charge in [0.2, 0.25) is 6.10 Å². The molecule has 0 fully saturated rings. The number of carbonyl (C=O) groups is 2. The number of terminal acetylenes is 1. The van der Waals surface area contributed by atoms with Crippen LogP contribution in [0.2, 0.25) is 0 Å². The highest BCUT2D eigenvalue weighted by Crippen LogP contribution is 2.21. The fourth-order valence-corrected chi connectivity index (χ4v) is 2.59. The van der Waals surface area contributed by atoms with Crippen molar-refractivity contribution in [3.63, 3.8) is 0 Å². The van der Waals surface area contributed by atoms with Crippen molar-refractivity contribution in [1.82, 2.24) is 5.32 Å². The van der Waals surface area contributed by atoms with Gasteiger partial charge in [-0.3, -0.25) is 9.59 Å². The number of carbonyl (C=O) groups excluding carboxylic acids is 2. The number of halogens is 1. The molecule has 1 heterocycles. The highest BCUT2D eigenvalue weighted by Gasteiger charge is 2.29. The first kappa shape index (κ1) is 18.1. The van der Waals surface area contributed by atoms with Crippen LogP contribution < -0.4 is 10.6 Å². The van der Waals surface area contributed by atoms with Gasteiger partial charge in [0, 0.05) is 12.0 Å². The third kappa shape index (κ3) is 4.30. The van der Waals surface area contributed by atoms with E-state index in [2.05, 4.69) is 21.7 Å². The SMILES string of the molecule is C#CCNC(=O)c1ccccc1NC(=O)C1CC(c2cccc(F)c2)=NO1. The molecular formula is C20H16FN3O3. The topological polar surface area (TPSA) is 79.8 Å². The maximum Gasteiger partial charge on any atom is 0.268 e. The van der Waals surface area contributed by atoms with E-state index in [0.29, 0.717) is 17.0 Å². The predicted molar refractivity (Wildman–Crippen MR) is 98.7 cm³/mol. The van der Waals surface area contributed by atoms with Gasteiger partial charge in [-0.2, -0.15) is 0 Å². The number of para-hydroxylation sites is 1. The first-order chi connectivity index (χ1) is 13.1. The summed E-state index contributed by atoms with van der Waals surface area (Å²) >= 11 is 0. The van der Waals surface area contributed by atoms with Crippen molar-refractivity contribution in [2.24, 2.45) is 5.16 Å². The number of anilines is 1. The van der Waals surface area contributed by atoms with Crippen LogP contribution in [-0.4, -0.2) is 30.2 Å². The third-order valence-corrected chi connectivity index (χ3v) is 3.90. The van der Waals surface area contributed by atoms with Gasteiger partial charge in [0.25, 0.3) is 11.8 Å². The molecule has 1 aliphatic heterocycles. The molecule has 7 heteroatoms. The number of nitrogens with one attached hydrogen (secondary N) is 2. The van der Waals surface area contributed by atoms with E-state index in [0.717, 1.165) is 0 Å².